The van der Waals surface area contributed by atoms with E-state index < -0.39 is 16.1 Å². The quantitative estimate of drug-likeness (QED) is 0.293. The van der Waals surface area contributed by atoms with Crippen molar-refractivity contribution in [2.45, 2.75) is 6.54 Å². The maximum Gasteiger partial charge on any atom is 0.326 e. The second-order valence-electron chi connectivity index (χ2n) is 10.3. The summed E-state index contributed by atoms with van der Waals surface area (Å²) in [5.74, 6) is 1.90. The van der Waals surface area contributed by atoms with Crippen molar-refractivity contribution in [1.82, 2.24) is 34.1 Å². The van der Waals surface area contributed by atoms with Crippen molar-refractivity contribution in [3.63, 3.8) is 0 Å². The van der Waals surface area contributed by atoms with Crippen LogP contribution in [-0.4, -0.2) is 107 Å². The molecule has 0 atom stereocenters. The molecule has 0 bridgehead atoms. The average molecular weight is 637 g/mol. The zero-order valence-electron chi connectivity index (χ0n) is 24.1. The van der Waals surface area contributed by atoms with E-state index in [0.717, 1.165) is 21.9 Å². The normalized spacial score (nSPS) is 16.5. The van der Waals surface area contributed by atoms with Gasteiger partial charge >= 0.3 is 6.03 Å². The Labute approximate surface area is 259 Å². The lowest BCUT2D eigenvalue weighted by Crippen LogP contribution is -2.47. The number of ether oxygens (including phenoxy) is 1. The summed E-state index contributed by atoms with van der Waals surface area (Å²) in [4.78, 5) is 41.3. The van der Waals surface area contributed by atoms with E-state index in [1.165, 1.54) is 10.6 Å². The Hall–Kier alpha value is -4.09. The molecule has 0 radical (unpaired) electrons. The van der Waals surface area contributed by atoms with Gasteiger partial charge in [-0.1, -0.05) is 0 Å². The summed E-state index contributed by atoms with van der Waals surface area (Å²) in [5, 5.41) is 5.37. The van der Waals surface area contributed by atoms with Gasteiger partial charge in [-0.05, 0) is 42.5 Å². The molecule has 2 amide bonds. The molecule has 0 spiro atoms. The summed E-state index contributed by atoms with van der Waals surface area (Å²) in [6.45, 7) is 5.66. The van der Waals surface area contributed by atoms with Gasteiger partial charge in [-0.25, -0.2) is 28.2 Å². The molecule has 2 aliphatic rings. The summed E-state index contributed by atoms with van der Waals surface area (Å²) < 4.78 is 30.8. The third-order valence-electron chi connectivity index (χ3n) is 7.17. The van der Waals surface area contributed by atoms with Crippen LogP contribution in [0, 0.1) is 0 Å². The van der Waals surface area contributed by atoms with Crippen molar-refractivity contribution in [3.8, 4) is 22.1 Å². The molecule has 5 heterocycles. The molecule has 3 aromatic heterocycles. The molecular formula is C28H32N10O4S2. The molecule has 4 aromatic rings. The number of carbonyl (C=O) groups excluding carboxylic acids is 1. The number of sulfonamides is 1. The molecule has 44 heavy (non-hydrogen) atoms. The summed E-state index contributed by atoms with van der Waals surface area (Å²) in [5.41, 5.74) is 1.37. The zero-order chi connectivity index (χ0) is 30.5. The number of morpholine rings is 1. The highest BCUT2D eigenvalue weighted by molar-refractivity contribution is 7.88. The number of nitrogens with zero attached hydrogens (tertiary/aromatic N) is 8. The van der Waals surface area contributed by atoms with Crippen molar-refractivity contribution < 1.29 is 17.9 Å². The molecule has 2 N–H and O–H groups in total. The Balaban J connectivity index is 1.19. The van der Waals surface area contributed by atoms with Crippen LogP contribution in [0.2, 0.25) is 0 Å². The van der Waals surface area contributed by atoms with E-state index >= 15 is 0 Å². The third kappa shape index (κ3) is 7.51. The van der Waals surface area contributed by atoms with Gasteiger partial charge in [-0.15, -0.1) is 11.3 Å². The molecule has 14 nitrogen and oxygen atoms in total. The fourth-order valence-electron chi connectivity index (χ4n) is 4.86. The standard InChI is InChI=1S/C28H32N10O4S2/c1-44(40,41)38-13-11-36(12-14-38)19-22-7-8-23(43-22)25-32-24(33-27(34-25)37-15-17-42-18-16-37)20-3-5-21(6-4-20)31-28(39)35-26-29-9-2-10-30-26/h2-10H,11-19H2,1H3,(H2,29,30,31,35,39). The molecule has 16 heteroatoms. The lowest BCUT2D eigenvalue weighted by atomic mass is 10.2. The summed E-state index contributed by atoms with van der Waals surface area (Å²) >= 11 is 1.62. The minimum atomic E-state index is -3.17. The monoisotopic (exact) mass is 636 g/mol. The molecule has 2 fully saturated rings. The van der Waals surface area contributed by atoms with Crippen molar-refractivity contribution in [2.75, 3.05) is 74.3 Å². The Morgan fingerprint density at radius 3 is 2.30 bits per heavy atom. The van der Waals surface area contributed by atoms with Gasteiger partial charge in [0.05, 0.1) is 24.3 Å². The Morgan fingerprint density at radius 2 is 1.59 bits per heavy atom. The highest BCUT2D eigenvalue weighted by atomic mass is 32.2. The number of anilines is 3. The van der Waals surface area contributed by atoms with Crippen LogP contribution in [0.5, 0.6) is 0 Å². The van der Waals surface area contributed by atoms with E-state index in [0.29, 0.717) is 75.8 Å². The van der Waals surface area contributed by atoms with Gasteiger partial charge in [0.15, 0.2) is 11.6 Å². The van der Waals surface area contributed by atoms with E-state index in [1.54, 1.807) is 41.9 Å². The van der Waals surface area contributed by atoms with Crippen molar-refractivity contribution >= 4 is 45.0 Å². The summed E-state index contributed by atoms with van der Waals surface area (Å²) in [7, 11) is -3.17. The van der Waals surface area contributed by atoms with Gasteiger partial charge in [-0.3, -0.25) is 10.2 Å². The minimum absolute atomic E-state index is 0.209. The molecule has 2 aliphatic heterocycles. The van der Waals surface area contributed by atoms with E-state index in [-0.39, 0.29) is 5.95 Å². The number of hydrogen-bond donors (Lipinski definition) is 2. The van der Waals surface area contributed by atoms with Gasteiger partial charge in [0.1, 0.15) is 0 Å². The summed E-state index contributed by atoms with van der Waals surface area (Å²) in [6, 6.07) is 12.6. The SMILES string of the molecule is CS(=O)(=O)N1CCN(Cc2ccc(-c3nc(-c4ccc(NC(=O)Nc5ncccn5)cc4)nc(N4CCOCC4)n3)s2)CC1. The second kappa shape index (κ2) is 13.3. The molecule has 2 saturated heterocycles. The summed E-state index contributed by atoms with van der Waals surface area (Å²) in [6.07, 6.45) is 4.36. The number of benzene rings is 1. The first kappa shape index (κ1) is 30.0. The van der Waals surface area contributed by atoms with E-state index in [1.807, 2.05) is 18.2 Å². The number of urea groups is 1. The number of aromatic nitrogens is 5. The van der Waals surface area contributed by atoms with Gasteiger partial charge in [-0.2, -0.15) is 14.3 Å². The first-order chi connectivity index (χ1) is 21.3. The molecule has 230 valence electrons. The first-order valence-corrected chi connectivity index (χ1v) is 16.8. The highest BCUT2D eigenvalue weighted by Crippen LogP contribution is 2.30. The lowest BCUT2D eigenvalue weighted by Gasteiger charge is -2.32. The Morgan fingerprint density at radius 1 is 0.886 bits per heavy atom. The predicted molar refractivity (Wildman–Crippen MR) is 168 cm³/mol. The molecule has 0 saturated carbocycles. The molecule has 1 aromatic carbocycles. The van der Waals surface area contributed by atoms with Crippen LogP contribution in [0.1, 0.15) is 4.88 Å². The van der Waals surface area contributed by atoms with Crippen LogP contribution in [-0.2, 0) is 21.3 Å². The largest absolute Gasteiger partial charge is 0.378 e. The average Bonchev–Trinajstić information content (AvgIpc) is 3.50. The minimum Gasteiger partial charge on any atom is -0.378 e. The van der Waals surface area contributed by atoms with Crippen LogP contribution in [0.4, 0.5) is 22.4 Å². The van der Waals surface area contributed by atoms with Crippen LogP contribution >= 0.6 is 11.3 Å². The van der Waals surface area contributed by atoms with Crippen LogP contribution in [0.25, 0.3) is 22.1 Å². The maximum atomic E-state index is 12.4. The maximum absolute atomic E-state index is 12.4. The van der Waals surface area contributed by atoms with Crippen LogP contribution in [0.3, 0.4) is 0 Å². The number of amides is 2. The number of carbonyl (C=O) groups is 1. The number of rotatable bonds is 8. The van der Waals surface area contributed by atoms with E-state index in [9.17, 15) is 13.2 Å². The Bertz CT molecular complexity index is 1690. The van der Waals surface area contributed by atoms with Gasteiger partial charge in [0.25, 0.3) is 0 Å². The lowest BCUT2D eigenvalue weighted by molar-refractivity contribution is 0.122. The van der Waals surface area contributed by atoms with E-state index in [4.69, 9.17) is 19.7 Å². The fourth-order valence-corrected chi connectivity index (χ4v) is 6.67. The van der Waals surface area contributed by atoms with Crippen molar-refractivity contribution in [3.05, 3.63) is 59.7 Å². The molecule has 0 unspecified atom stereocenters. The predicted octanol–water partition coefficient (Wildman–Crippen LogP) is 2.61. The first-order valence-electron chi connectivity index (χ1n) is 14.1. The topological polar surface area (TPSA) is 159 Å². The van der Waals surface area contributed by atoms with Crippen LogP contribution in [0.15, 0.2) is 54.9 Å². The van der Waals surface area contributed by atoms with Crippen LogP contribution < -0.4 is 15.5 Å². The number of nitrogens with one attached hydrogen (secondary N) is 2. The fraction of sp³-hybridized carbons (Fsp3) is 0.357. The molecular weight excluding hydrogens is 605 g/mol. The molecule has 0 aliphatic carbocycles. The Kier molecular flexibility index (Phi) is 9.04. The van der Waals surface area contributed by atoms with Gasteiger partial charge in [0.2, 0.25) is 21.9 Å². The van der Waals surface area contributed by atoms with E-state index in [2.05, 4.69) is 36.5 Å². The number of thiophene rings is 1. The highest BCUT2D eigenvalue weighted by Gasteiger charge is 2.24. The molecule has 6 rings (SSSR count). The van der Waals surface area contributed by atoms with Gasteiger partial charge in [0, 0.05) is 74.3 Å². The van der Waals surface area contributed by atoms with Gasteiger partial charge < -0.3 is 15.0 Å². The number of hydrogen-bond acceptors (Lipinski definition) is 12. The van der Waals surface area contributed by atoms with Crippen molar-refractivity contribution in [1.29, 1.82) is 0 Å². The zero-order valence-corrected chi connectivity index (χ0v) is 25.7. The second-order valence-corrected chi connectivity index (χ2v) is 13.5. The third-order valence-corrected chi connectivity index (χ3v) is 9.54. The number of piperazine rings is 1. The smallest absolute Gasteiger partial charge is 0.326 e. The van der Waals surface area contributed by atoms with Crippen molar-refractivity contribution in [2.24, 2.45) is 0 Å².